The summed E-state index contributed by atoms with van der Waals surface area (Å²) in [6.45, 7) is 4.08. The fourth-order valence-electron chi connectivity index (χ4n) is 2.33. The van der Waals surface area contributed by atoms with Crippen molar-refractivity contribution in [2.24, 2.45) is 11.3 Å². The van der Waals surface area contributed by atoms with E-state index in [4.69, 9.17) is 0 Å². The van der Waals surface area contributed by atoms with Crippen molar-refractivity contribution in [1.82, 2.24) is 4.90 Å². The van der Waals surface area contributed by atoms with E-state index in [9.17, 15) is 4.79 Å². The molecule has 13 heavy (non-hydrogen) atoms. The van der Waals surface area contributed by atoms with Crippen molar-refractivity contribution in [1.29, 1.82) is 0 Å². The van der Waals surface area contributed by atoms with Crippen LogP contribution in [0.2, 0.25) is 0 Å². The minimum atomic E-state index is -0.217. The molecule has 1 fully saturated rings. The lowest BCUT2D eigenvalue weighted by Gasteiger charge is -2.23. The highest BCUT2D eigenvalue weighted by molar-refractivity contribution is 5.87. The maximum atomic E-state index is 11.9. The molecule has 70 valence electrons. The molecule has 2 heteroatoms. The van der Waals surface area contributed by atoms with Gasteiger partial charge in [0.05, 0.1) is 5.41 Å². The van der Waals surface area contributed by atoms with Crippen molar-refractivity contribution < 1.29 is 4.79 Å². The maximum absolute atomic E-state index is 11.9. The van der Waals surface area contributed by atoms with Crippen LogP contribution in [0.15, 0.2) is 23.9 Å². The number of nitrogens with zero attached hydrogens (tertiary/aromatic N) is 1. The zero-order valence-electron chi connectivity index (χ0n) is 8.37. The van der Waals surface area contributed by atoms with Crippen molar-refractivity contribution in [3.8, 4) is 0 Å². The van der Waals surface area contributed by atoms with Crippen LogP contribution in [-0.2, 0) is 4.79 Å². The maximum Gasteiger partial charge on any atom is 0.232 e. The second kappa shape index (κ2) is 2.47. The number of rotatable bonds is 0. The quantitative estimate of drug-likeness (QED) is 0.553. The van der Waals surface area contributed by atoms with Gasteiger partial charge in [-0.25, -0.2) is 0 Å². The standard InChI is InChI=1S/C11H15NO/c1-11(2)8-6-4-5-7-9(8)12(3)10(11)13/h4-5,7-8H,6H2,1-3H3. The van der Waals surface area contributed by atoms with E-state index in [1.54, 1.807) is 4.90 Å². The number of hydrogen-bond donors (Lipinski definition) is 0. The van der Waals surface area contributed by atoms with Gasteiger partial charge in [-0.05, 0) is 12.5 Å². The summed E-state index contributed by atoms with van der Waals surface area (Å²) >= 11 is 0. The summed E-state index contributed by atoms with van der Waals surface area (Å²) in [5, 5.41) is 0. The first kappa shape index (κ1) is 8.54. The first-order chi connectivity index (χ1) is 6.05. The molecule has 1 unspecified atom stereocenters. The zero-order valence-corrected chi connectivity index (χ0v) is 8.37. The Balaban J connectivity index is 2.46. The van der Waals surface area contributed by atoms with Gasteiger partial charge in [0, 0.05) is 18.7 Å². The van der Waals surface area contributed by atoms with Crippen molar-refractivity contribution in [3.63, 3.8) is 0 Å². The molecule has 1 heterocycles. The first-order valence-corrected chi connectivity index (χ1v) is 4.70. The summed E-state index contributed by atoms with van der Waals surface area (Å²) in [7, 11) is 1.87. The van der Waals surface area contributed by atoms with Crippen LogP contribution < -0.4 is 0 Å². The van der Waals surface area contributed by atoms with E-state index in [0.29, 0.717) is 5.92 Å². The molecule has 1 atom stereocenters. The predicted octanol–water partition coefficient (Wildman–Crippen LogP) is 1.94. The van der Waals surface area contributed by atoms with E-state index in [1.165, 1.54) is 5.70 Å². The van der Waals surface area contributed by atoms with Gasteiger partial charge in [-0.15, -0.1) is 0 Å². The molecule has 1 aliphatic carbocycles. The van der Waals surface area contributed by atoms with Gasteiger partial charge in [0.15, 0.2) is 0 Å². The molecule has 0 aromatic rings. The number of likely N-dealkylation sites (tertiary alicyclic amines) is 1. The zero-order chi connectivity index (χ0) is 9.64. The summed E-state index contributed by atoms with van der Waals surface area (Å²) in [5.74, 6) is 0.627. The number of fused-ring (bicyclic) bond motifs is 1. The molecule has 0 aromatic carbocycles. The Kier molecular flexibility index (Phi) is 1.62. The van der Waals surface area contributed by atoms with Crippen LogP contribution in [0.5, 0.6) is 0 Å². The second-order valence-corrected chi connectivity index (χ2v) is 4.39. The summed E-state index contributed by atoms with van der Waals surface area (Å²) in [6, 6.07) is 0. The van der Waals surface area contributed by atoms with Crippen molar-refractivity contribution in [3.05, 3.63) is 23.9 Å². The number of allylic oxidation sites excluding steroid dienone is 4. The van der Waals surface area contributed by atoms with Crippen LogP contribution in [0, 0.1) is 11.3 Å². The average molecular weight is 177 g/mol. The monoisotopic (exact) mass is 177 g/mol. The summed E-state index contributed by atoms with van der Waals surface area (Å²) < 4.78 is 0. The Labute approximate surface area is 78.9 Å². The van der Waals surface area contributed by atoms with Crippen LogP contribution in [0.25, 0.3) is 0 Å². The second-order valence-electron chi connectivity index (χ2n) is 4.39. The van der Waals surface area contributed by atoms with E-state index >= 15 is 0 Å². The third kappa shape index (κ3) is 0.978. The molecule has 0 radical (unpaired) electrons. The van der Waals surface area contributed by atoms with Gasteiger partial charge in [-0.2, -0.15) is 0 Å². The molecule has 0 bridgehead atoms. The highest BCUT2D eigenvalue weighted by Gasteiger charge is 2.48. The fraction of sp³-hybridized carbons (Fsp3) is 0.545. The highest BCUT2D eigenvalue weighted by Crippen LogP contribution is 2.45. The largest absolute Gasteiger partial charge is 0.318 e. The van der Waals surface area contributed by atoms with Crippen LogP contribution in [-0.4, -0.2) is 17.9 Å². The Morgan fingerprint density at radius 3 is 2.85 bits per heavy atom. The van der Waals surface area contributed by atoms with E-state index in [-0.39, 0.29) is 11.3 Å². The van der Waals surface area contributed by atoms with Crippen molar-refractivity contribution in [2.75, 3.05) is 7.05 Å². The average Bonchev–Trinajstić information content (AvgIpc) is 2.30. The molecule has 2 rings (SSSR count). The van der Waals surface area contributed by atoms with Gasteiger partial charge in [-0.1, -0.05) is 26.0 Å². The first-order valence-electron chi connectivity index (χ1n) is 4.70. The van der Waals surface area contributed by atoms with Crippen LogP contribution in [0.3, 0.4) is 0 Å². The minimum Gasteiger partial charge on any atom is -0.318 e. The van der Waals surface area contributed by atoms with Crippen LogP contribution in [0.1, 0.15) is 20.3 Å². The minimum absolute atomic E-state index is 0.217. The topological polar surface area (TPSA) is 20.3 Å². The molecule has 1 amide bonds. The summed E-state index contributed by atoms with van der Waals surface area (Å²) in [5.41, 5.74) is 0.961. The molecule has 0 aromatic heterocycles. The lowest BCUT2D eigenvalue weighted by atomic mass is 9.77. The molecule has 2 nitrogen and oxygen atoms in total. The molecule has 0 N–H and O–H groups in total. The number of hydrogen-bond acceptors (Lipinski definition) is 1. The Morgan fingerprint density at radius 1 is 1.54 bits per heavy atom. The van der Waals surface area contributed by atoms with E-state index in [2.05, 4.69) is 12.2 Å². The lowest BCUT2D eigenvalue weighted by molar-refractivity contribution is -0.133. The normalized spacial score (nSPS) is 30.4. The third-order valence-corrected chi connectivity index (χ3v) is 3.25. The number of carbonyl (C=O) groups is 1. The molecule has 2 aliphatic rings. The number of amides is 1. The van der Waals surface area contributed by atoms with E-state index in [1.807, 2.05) is 27.0 Å². The van der Waals surface area contributed by atoms with Gasteiger partial charge in [0.2, 0.25) is 5.91 Å². The Morgan fingerprint density at radius 2 is 2.23 bits per heavy atom. The van der Waals surface area contributed by atoms with Crippen molar-refractivity contribution in [2.45, 2.75) is 20.3 Å². The lowest BCUT2D eigenvalue weighted by Crippen LogP contribution is -2.29. The molecular formula is C11H15NO. The number of carbonyl (C=O) groups excluding carboxylic acids is 1. The van der Waals surface area contributed by atoms with Gasteiger partial charge in [0.25, 0.3) is 0 Å². The van der Waals surface area contributed by atoms with Crippen molar-refractivity contribution >= 4 is 5.91 Å². The van der Waals surface area contributed by atoms with E-state index < -0.39 is 0 Å². The van der Waals surface area contributed by atoms with Gasteiger partial charge < -0.3 is 4.90 Å². The molecule has 0 saturated carbocycles. The van der Waals surface area contributed by atoms with Crippen LogP contribution in [0.4, 0.5) is 0 Å². The predicted molar refractivity (Wildman–Crippen MR) is 51.9 cm³/mol. The van der Waals surface area contributed by atoms with E-state index in [0.717, 1.165) is 6.42 Å². The van der Waals surface area contributed by atoms with Gasteiger partial charge >= 0.3 is 0 Å². The Bertz CT molecular complexity index is 312. The SMILES string of the molecule is CN1C(=O)C(C)(C)C2CC=CC=C21. The molecule has 1 saturated heterocycles. The molecule has 1 aliphatic heterocycles. The fourth-order valence-corrected chi connectivity index (χ4v) is 2.33. The molecular weight excluding hydrogens is 162 g/mol. The van der Waals surface area contributed by atoms with Crippen LogP contribution >= 0.6 is 0 Å². The van der Waals surface area contributed by atoms with Gasteiger partial charge in [0.1, 0.15) is 0 Å². The highest BCUT2D eigenvalue weighted by atomic mass is 16.2. The molecule has 0 spiro atoms. The smallest absolute Gasteiger partial charge is 0.232 e. The Hall–Kier alpha value is -1.05. The van der Waals surface area contributed by atoms with Gasteiger partial charge in [-0.3, -0.25) is 4.79 Å². The summed E-state index contributed by atoms with van der Waals surface area (Å²) in [4.78, 5) is 13.7. The summed E-state index contributed by atoms with van der Waals surface area (Å²) in [6.07, 6.45) is 7.23. The third-order valence-electron chi connectivity index (χ3n) is 3.25.